The van der Waals surface area contributed by atoms with Crippen molar-refractivity contribution < 1.29 is 18.7 Å². The topological polar surface area (TPSA) is 37.3 Å². The van der Waals surface area contributed by atoms with Crippen LogP contribution in [0, 0.1) is 11.6 Å². The summed E-state index contributed by atoms with van der Waals surface area (Å²) in [6.45, 7) is 0. The fraction of sp³-hybridized carbons (Fsp3) is 0. The predicted octanol–water partition coefficient (Wildman–Crippen LogP) is 2.62. The van der Waals surface area contributed by atoms with Crippen LogP contribution in [0.3, 0.4) is 0 Å². The summed E-state index contributed by atoms with van der Waals surface area (Å²) in [5.74, 6) is -2.49. The van der Waals surface area contributed by atoms with Crippen molar-refractivity contribution in [1.29, 1.82) is 0 Å². The number of benzene rings is 1. The standard InChI is InChI=1S/C11H8F2O2/c12-9-5-3-6-10(13)8(9)4-1-2-7-11(14)15/h1-7H,(H,14,15). The summed E-state index contributed by atoms with van der Waals surface area (Å²) in [4.78, 5) is 10.1. The molecule has 0 saturated carbocycles. The van der Waals surface area contributed by atoms with Crippen molar-refractivity contribution in [2.45, 2.75) is 0 Å². The molecular weight excluding hydrogens is 202 g/mol. The van der Waals surface area contributed by atoms with Crippen molar-refractivity contribution in [3.8, 4) is 0 Å². The number of carbonyl (C=O) groups is 1. The monoisotopic (exact) mass is 210 g/mol. The van der Waals surface area contributed by atoms with Crippen LogP contribution in [0.1, 0.15) is 5.56 Å². The summed E-state index contributed by atoms with van der Waals surface area (Å²) in [5, 5.41) is 8.25. The molecule has 1 N–H and O–H groups in total. The number of aliphatic carboxylic acids is 1. The number of carboxylic acid groups (broad SMARTS) is 1. The Kier molecular flexibility index (Phi) is 3.74. The molecule has 0 aliphatic carbocycles. The number of hydrogen-bond donors (Lipinski definition) is 1. The summed E-state index contributed by atoms with van der Waals surface area (Å²) in [6, 6.07) is 3.52. The minimum atomic E-state index is -1.12. The van der Waals surface area contributed by atoms with Crippen LogP contribution in [0.15, 0.2) is 36.4 Å². The zero-order chi connectivity index (χ0) is 11.3. The van der Waals surface area contributed by atoms with Crippen LogP contribution < -0.4 is 0 Å². The highest BCUT2D eigenvalue weighted by Crippen LogP contribution is 2.13. The van der Waals surface area contributed by atoms with Gasteiger partial charge >= 0.3 is 5.97 Å². The number of allylic oxidation sites excluding steroid dienone is 2. The van der Waals surface area contributed by atoms with Crippen LogP contribution in [0.25, 0.3) is 6.08 Å². The van der Waals surface area contributed by atoms with E-state index >= 15 is 0 Å². The molecule has 0 heterocycles. The van der Waals surface area contributed by atoms with Gasteiger partial charge in [-0.1, -0.05) is 18.2 Å². The van der Waals surface area contributed by atoms with E-state index in [1.54, 1.807) is 0 Å². The summed E-state index contributed by atoms with van der Waals surface area (Å²) >= 11 is 0. The van der Waals surface area contributed by atoms with Gasteiger partial charge in [-0.3, -0.25) is 0 Å². The van der Waals surface area contributed by atoms with Crippen molar-refractivity contribution >= 4 is 12.0 Å². The normalized spacial score (nSPS) is 11.3. The third kappa shape index (κ3) is 3.34. The Morgan fingerprint density at radius 2 is 1.80 bits per heavy atom. The Bertz CT molecular complexity index is 402. The molecule has 1 aromatic carbocycles. The minimum absolute atomic E-state index is 0.187. The molecule has 0 spiro atoms. The molecule has 2 nitrogen and oxygen atoms in total. The lowest BCUT2D eigenvalue weighted by atomic mass is 10.2. The second-order valence-corrected chi connectivity index (χ2v) is 2.69. The lowest BCUT2D eigenvalue weighted by molar-refractivity contribution is -0.131. The van der Waals surface area contributed by atoms with E-state index in [0.29, 0.717) is 0 Å². The van der Waals surface area contributed by atoms with E-state index in [9.17, 15) is 13.6 Å². The molecule has 0 aromatic heterocycles. The lowest BCUT2D eigenvalue weighted by Crippen LogP contribution is -1.87. The van der Waals surface area contributed by atoms with Crippen molar-refractivity contribution in [1.82, 2.24) is 0 Å². The third-order valence-electron chi connectivity index (χ3n) is 1.61. The van der Waals surface area contributed by atoms with Crippen LogP contribution in [0.4, 0.5) is 8.78 Å². The van der Waals surface area contributed by atoms with Crippen LogP contribution >= 0.6 is 0 Å². The van der Waals surface area contributed by atoms with Crippen LogP contribution in [-0.4, -0.2) is 11.1 Å². The molecule has 0 radical (unpaired) electrons. The van der Waals surface area contributed by atoms with Gasteiger partial charge in [0.2, 0.25) is 0 Å². The van der Waals surface area contributed by atoms with E-state index in [2.05, 4.69) is 0 Å². The highest BCUT2D eigenvalue weighted by molar-refractivity contribution is 5.80. The summed E-state index contributed by atoms with van der Waals surface area (Å²) in [5.41, 5.74) is -0.187. The van der Waals surface area contributed by atoms with E-state index in [1.165, 1.54) is 24.3 Å². The zero-order valence-electron chi connectivity index (χ0n) is 7.65. The van der Waals surface area contributed by atoms with E-state index in [1.807, 2.05) is 0 Å². The molecular formula is C11H8F2O2. The molecule has 1 aromatic rings. The third-order valence-corrected chi connectivity index (χ3v) is 1.61. The molecule has 78 valence electrons. The Labute approximate surface area is 85.2 Å². The molecule has 0 atom stereocenters. The number of carboxylic acids is 1. The van der Waals surface area contributed by atoms with E-state index < -0.39 is 17.6 Å². The molecule has 0 aliphatic heterocycles. The smallest absolute Gasteiger partial charge is 0.328 e. The van der Waals surface area contributed by atoms with Crippen molar-refractivity contribution in [3.05, 3.63) is 53.6 Å². The van der Waals surface area contributed by atoms with Gasteiger partial charge < -0.3 is 5.11 Å². The molecule has 15 heavy (non-hydrogen) atoms. The van der Waals surface area contributed by atoms with E-state index in [0.717, 1.165) is 18.2 Å². The van der Waals surface area contributed by atoms with Crippen LogP contribution in [-0.2, 0) is 4.79 Å². The molecule has 0 aliphatic rings. The molecule has 0 fully saturated rings. The van der Waals surface area contributed by atoms with Gasteiger partial charge in [0.25, 0.3) is 0 Å². The predicted molar refractivity (Wildman–Crippen MR) is 52.2 cm³/mol. The van der Waals surface area contributed by atoms with Crippen molar-refractivity contribution in [2.24, 2.45) is 0 Å². The number of rotatable bonds is 3. The zero-order valence-corrected chi connectivity index (χ0v) is 7.65. The number of halogens is 2. The van der Waals surface area contributed by atoms with Gasteiger partial charge in [0.15, 0.2) is 0 Å². The van der Waals surface area contributed by atoms with Gasteiger partial charge in [-0.25, -0.2) is 13.6 Å². The van der Waals surface area contributed by atoms with Crippen LogP contribution in [0.2, 0.25) is 0 Å². The fourth-order valence-corrected chi connectivity index (χ4v) is 0.960. The van der Waals surface area contributed by atoms with Gasteiger partial charge in [0.1, 0.15) is 11.6 Å². The largest absolute Gasteiger partial charge is 0.478 e. The second kappa shape index (κ2) is 5.05. The Morgan fingerprint density at radius 3 is 2.33 bits per heavy atom. The van der Waals surface area contributed by atoms with Gasteiger partial charge in [0, 0.05) is 11.6 Å². The fourth-order valence-electron chi connectivity index (χ4n) is 0.960. The summed E-state index contributed by atoms with van der Waals surface area (Å²) in [6.07, 6.45) is 4.49. The maximum atomic E-state index is 13.0. The molecule has 4 heteroatoms. The average Bonchev–Trinajstić information content (AvgIpc) is 2.15. The van der Waals surface area contributed by atoms with Gasteiger partial charge in [-0.05, 0) is 18.2 Å². The molecule has 1 rings (SSSR count). The first kappa shape index (κ1) is 11.1. The second-order valence-electron chi connectivity index (χ2n) is 2.69. The Hall–Kier alpha value is -1.97. The number of hydrogen-bond acceptors (Lipinski definition) is 1. The lowest BCUT2D eigenvalue weighted by Gasteiger charge is -1.96. The Balaban J connectivity index is 2.85. The highest BCUT2D eigenvalue weighted by Gasteiger charge is 2.02. The molecule has 0 bridgehead atoms. The van der Waals surface area contributed by atoms with E-state index in [4.69, 9.17) is 5.11 Å². The van der Waals surface area contributed by atoms with Crippen LogP contribution in [0.5, 0.6) is 0 Å². The summed E-state index contributed by atoms with van der Waals surface area (Å²) < 4.78 is 26.0. The minimum Gasteiger partial charge on any atom is -0.478 e. The highest BCUT2D eigenvalue weighted by atomic mass is 19.1. The Morgan fingerprint density at radius 1 is 1.20 bits per heavy atom. The molecule has 0 amide bonds. The van der Waals surface area contributed by atoms with Crippen molar-refractivity contribution in [3.63, 3.8) is 0 Å². The molecule has 0 unspecified atom stereocenters. The first-order valence-electron chi connectivity index (χ1n) is 4.13. The van der Waals surface area contributed by atoms with Crippen molar-refractivity contribution in [2.75, 3.05) is 0 Å². The maximum Gasteiger partial charge on any atom is 0.328 e. The van der Waals surface area contributed by atoms with Gasteiger partial charge in [-0.2, -0.15) is 0 Å². The summed E-state index contributed by atoms with van der Waals surface area (Å²) in [7, 11) is 0. The van der Waals surface area contributed by atoms with Gasteiger partial charge in [0.05, 0.1) is 0 Å². The SMILES string of the molecule is O=C(O)C=CC=Cc1c(F)cccc1F. The van der Waals surface area contributed by atoms with Gasteiger partial charge in [-0.15, -0.1) is 0 Å². The molecule has 0 saturated heterocycles. The van der Waals surface area contributed by atoms with E-state index in [-0.39, 0.29) is 5.56 Å². The first-order valence-corrected chi connectivity index (χ1v) is 4.13. The first-order chi connectivity index (χ1) is 7.11. The quantitative estimate of drug-likeness (QED) is 0.615. The maximum absolute atomic E-state index is 13.0. The average molecular weight is 210 g/mol.